The third-order valence-corrected chi connectivity index (χ3v) is 5.04. The molecule has 2 N–H and O–H groups in total. The number of nitrogens with zero attached hydrogens (tertiary/aromatic N) is 2. The molecule has 0 heterocycles. The van der Waals surface area contributed by atoms with E-state index in [4.69, 9.17) is 5.73 Å². The van der Waals surface area contributed by atoms with E-state index in [0.29, 0.717) is 5.96 Å². The Hall–Kier alpha value is -3.07. The van der Waals surface area contributed by atoms with Gasteiger partial charge in [-0.05, 0) is 53.6 Å². The number of aliphatic imine (C=N–C) groups is 1. The number of anilines is 1. The topological polar surface area (TPSA) is 41.6 Å². The second-order valence-corrected chi connectivity index (χ2v) is 6.53. The molecule has 1 aliphatic carbocycles. The summed E-state index contributed by atoms with van der Waals surface area (Å²) in [6.45, 7) is 4.16. The summed E-state index contributed by atoms with van der Waals surface area (Å²) in [7, 11) is 1.97. The normalized spacial score (nSPS) is 12.8. The first-order valence-corrected chi connectivity index (χ1v) is 8.44. The van der Waals surface area contributed by atoms with Crippen LogP contribution in [0.3, 0.4) is 0 Å². The quantitative estimate of drug-likeness (QED) is 0.415. The lowest BCUT2D eigenvalue weighted by Crippen LogP contribution is -2.33. The lowest BCUT2D eigenvalue weighted by atomic mass is 10.0. The largest absolute Gasteiger partial charge is 0.369 e. The van der Waals surface area contributed by atoms with Crippen LogP contribution < -0.4 is 10.6 Å². The third-order valence-electron chi connectivity index (χ3n) is 5.04. The van der Waals surface area contributed by atoms with E-state index < -0.39 is 0 Å². The summed E-state index contributed by atoms with van der Waals surface area (Å²) >= 11 is 0. The highest BCUT2D eigenvalue weighted by molar-refractivity contribution is 6.12. The van der Waals surface area contributed by atoms with Gasteiger partial charge in [-0.2, -0.15) is 0 Å². The Labute approximate surface area is 148 Å². The standard InChI is InChI=1S/C22H21N3/c1-14-6-4-9-19(15(14)2)24-22(23)25(3)20-13-12-17-11-10-16-7-5-8-18(20)21(16)17/h4-13H,1-3H3,(H2,23,24). The van der Waals surface area contributed by atoms with E-state index in [1.807, 2.05) is 24.1 Å². The zero-order valence-electron chi connectivity index (χ0n) is 14.7. The Bertz CT molecular complexity index is 1030. The van der Waals surface area contributed by atoms with E-state index >= 15 is 0 Å². The van der Waals surface area contributed by atoms with Gasteiger partial charge in [0.25, 0.3) is 0 Å². The average molecular weight is 327 g/mol. The molecule has 0 bridgehead atoms. The van der Waals surface area contributed by atoms with Crippen LogP contribution in [0.2, 0.25) is 0 Å². The van der Waals surface area contributed by atoms with Gasteiger partial charge in [0.05, 0.1) is 11.4 Å². The predicted octanol–water partition coefficient (Wildman–Crippen LogP) is 5.02. The van der Waals surface area contributed by atoms with Gasteiger partial charge in [-0.25, -0.2) is 4.99 Å². The van der Waals surface area contributed by atoms with E-state index in [9.17, 15) is 0 Å². The number of rotatable bonds is 2. The maximum atomic E-state index is 6.34. The van der Waals surface area contributed by atoms with Gasteiger partial charge >= 0.3 is 0 Å². The molecule has 0 radical (unpaired) electrons. The minimum atomic E-state index is 0.486. The molecule has 0 saturated heterocycles. The van der Waals surface area contributed by atoms with Crippen LogP contribution in [0.15, 0.2) is 53.5 Å². The van der Waals surface area contributed by atoms with E-state index in [0.717, 1.165) is 16.9 Å². The second-order valence-electron chi connectivity index (χ2n) is 6.53. The van der Waals surface area contributed by atoms with Crippen LogP contribution in [-0.4, -0.2) is 13.0 Å². The molecule has 1 aliphatic rings. The maximum absolute atomic E-state index is 6.34. The van der Waals surface area contributed by atoms with Crippen molar-refractivity contribution in [3.05, 3.63) is 70.8 Å². The highest BCUT2D eigenvalue weighted by Crippen LogP contribution is 2.36. The van der Waals surface area contributed by atoms with Crippen molar-refractivity contribution in [3.8, 4) is 0 Å². The number of aryl methyl sites for hydroxylation is 1. The van der Waals surface area contributed by atoms with Crippen LogP contribution in [0.4, 0.5) is 11.4 Å². The fourth-order valence-electron chi connectivity index (χ4n) is 3.38. The van der Waals surface area contributed by atoms with Crippen LogP contribution in [0, 0.1) is 13.8 Å². The Morgan fingerprint density at radius 1 is 0.920 bits per heavy atom. The van der Waals surface area contributed by atoms with Crippen molar-refractivity contribution in [2.75, 3.05) is 11.9 Å². The zero-order valence-corrected chi connectivity index (χ0v) is 14.7. The highest BCUT2D eigenvalue weighted by Gasteiger charge is 2.15. The SMILES string of the molecule is Cc1cccc(N=C(N)N(C)c2ccc3c4c(cccc24)C=C3)c1C. The number of nitrogens with two attached hydrogens (primary N) is 1. The first kappa shape index (κ1) is 15.5. The Morgan fingerprint density at radius 2 is 1.64 bits per heavy atom. The Morgan fingerprint density at radius 3 is 2.44 bits per heavy atom. The fourth-order valence-corrected chi connectivity index (χ4v) is 3.38. The summed E-state index contributed by atoms with van der Waals surface area (Å²) in [5.74, 6) is 0.486. The Balaban J connectivity index is 1.79. The molecule has 0 unspecified atom stereocenters. The summed E-state index contributed by atoms with van der Waals surface area (Å²) in [6.07, 6.45) is 4.32. The highest BCUT2D eigenvalue weighted by atomic mass is 15.2. The molecule has 0 aliphatic heterocycles. The van der Waals surface area contributed by atoms with Gasteiger partial charge in [0.15, 0.2) is 0 Å². The van der Waals surface area contributed by atoms with Crippen molar-refractivity contribution in [1.82, 2.24) is 0 Å². The minimum Gasteiger partial charge on any atom is -0.369 e. The maximum Gasteiger partial charge on any atom is 0.200 e. The van der Waals surface area contributed by atoms with Gasteiger partial charge < -0.3 is 10.6 Å². The molecule has 0 saturated carbocycles. The van der Waals surface area contributed by atoms with Crippen molar-refractivity contribution in [2.24, 2.45) is 10.7 Å². The van der Waals surface area contributed by atoms with Crippen molar-refractivity contribution < 1.29 is 0 Å². The molecule has 3 aromatic rings. The lowest BCUT2D eigenvalue weighted by molar-refractivity contribution is 1.22. The Kier molecular flexibility index (Phi) is 3.57. The number of guanidine groups is 1. The molecule has 3 nitrogen and oxygen atoms in total. The van der Waals surface area contributed by atoms with E-state index in [2.05, 4.69) is 67.4 Å². The molecule has 0 spiro atoms. The molecule has 0 atom stereocenters. The van der Waals surface area contributed by atoms with Crippen LogP contribution in [-0.2, 0) is 0 Å². The summed E-state index contributed by atoms with van der Waals surface area (Å²) in [6, 6.07) is 16.7. The van der Waals surface area contributed by atoms with Crippen molar-refractivity contribution in [2.45, 2.75) is 13.8 Å². The molecule has 0 fully saturated rings. The predicted molar refractivity (Wildman–Crippen MR) is 108 cm³/mol. The monoisotopic (exact) mass is 327 g/mol. The van der Waals surface area contributed by atoms with Crippen LogP contribution in [0.25, 0.3) is 22.9 Å². The molecule has 4 rings (SSSR count). The van der Waals surface area contributed by atoms with Crippen molar-refractivity contribution >= 4 is 40.3 Å². The smallest absolute Gasteiger partial charge is 0.200 e. The summed E-state index contributed by atoms with van der Waals surface area (Å²) in [4.78, 5) is 6.63. The molecule has 0 amide bonds. The fraction of sp³-hybridized carbons (Fsp3) is 0.136. The zero-order chi connectivity index (χ0) is 17.6. The van der Waals surface area contributed by atoms with Gasteiger partial charge in [-0.15, -0.1) is 0 Å². The van der Waals surface area contributed by atoms with Gasteiger partial charge in [-0.1, -0.05) is 48.6 Å². The van der Waals surface area contributed by atoms with Crippen molar-refractivity contribution in [3.63, 3.8) is 0 Å². The van der Waals surface area contributed by atoms with E-state index in [1.54, 1.807) is 0 Å². The van der Waals surface area contributed by atoms with Crippen LogP contribution in [0.1, 0.15) is 22.3 Å². The van der Waals surface area contributed by atoms with Crippen LogP contribution in [0.5, 0.6) is 0 Å². The van der Waals surface area contributed by atoms with Crippen molar-refractivity contribution in [1.29, 1.82) is 0 Å². The van der Waals surface area contributed by atoms with Gasteiger partial charge in [0.2, 0.25) is 5.96 Å². The first-order chi connectivity index (χ1) is 12.1. The molecule has 3 heteroatoms. The number of hydrogen-bond acceptors (Lipinski definition) is 1. The summed E-state index contributed by atoms with van der Waals surface area (Å²) in [5.41, 5.74) is 13.2. The van der Waals surface area contributed by atoms with Gasteiger partial charge in [0.1, 0.15) is 0 Å². The van der Waals surface area contributed by atoms with Gasteiger partial charge in [-0.3, -0.25) is 0 Å². The molecule has 0 aromatic heterocycles. The molecule has 25 heavy (non-hydrogen) atoms. The minimum absolute atomic E-state index is 0.486. The number of hydrogen-bond donors (Lipinski definition) is 1. The average Bonchev–Trinajstić information content (AvgIpc) is 3.04. The van der Waals surface area contributed by atoms with Gasteiger partial charge in [0, 0.05) is 12.4 Å². The number of benzene rings is 3. The van der Waals surface area contributed by atoms with E-state index in [1.165, 1.54) is 27.5 Å². The summed E-state index contributed by atoms with van der Waals surface area (Å²) < 4.78 is 0. The van der Waals surface area contributed by atoms with E-state index in [-0.39, 0.29) is 0 Å². The first-order valence-electron chi connectivity index (χ1n) is 8.44. The van der Waals surface area contributed by atoms with Crippen LogP contribution >= 0.6 is 0 Å². The second kappa shape index (κ2) is 5.78. The molecule has 3 aromatic carbocycles. The molecular weight excluding hydrogens is 306 g/mol. The lowest BCUT2D eigenvalue weighted by Gasteiger charge is -2.21. The summed E-state index contributed by atoms with van der Waals surface area (Å²) in [5, 5.41) is 2.48. The third kappa shape index (κ3) is 2.49. The molecular formula is C22H21N3. The molecule has 124 valence electrons.